The van der Waals surface area contributed by atoms with E-state index in [0.717, 1.165) is 22.8 Å². The van der Waals surface area contributed by atoms with Crippen LogP contribution in [0.15, 0.2) is 60.9 Å². The van der Waals surface area contributed by atoms with Crippen molar-refractivity contribution in [2.45, 2.75) is 0 Å². The molecule has 0 saturated carbocycles. The molecule has 0 fully saturated rings. The average Bonchev–Trinajstić information content (AvgIpc) is 2.98. The lowest BCUT2D eigenvalue weighted by Crippen LogP contribution is -2.00. The number of pyridine rings is 1. The average molecular weight is 251 g/mol. The van der Waals surface area contributed by atoms with Crippen LogP contribution in [0.4, 0.5) is 0 Å². The Labute approximate surface area is 111 Å². The highest BCUT2D eigenvalue weighted by atomic mass is 16.5. The van der Waals surface area contributed by atoms with Gasteiger partial charge in [-0.3, -0.25) is 0 Å². The Balaban J connectivity index is 2.09. The van der Waals surface area contributed by atoms with E-state index in [2.05, 4.69) is 10.1 Å². The zero-order valence-electron chi connectivity index (χ0n) is 10.5. The molecule has 0 aliphatic heterocycles. The van der Waals surface area contributed by atoms with Crippen LogP contribution in [-0.2, 0) is 0 Å². The summed E-state index contributed by atoms with van der Waals surface area (Å²) in [5.41, 5.74) is 2.03. The smallest absolute Gasteiger partial charge is 0.153 e. The molecule has 2 heterocycles. The number of rotatable bonds is 3. The Kier molecular flexibility index (Phi) is 2.98. The molecule has 94 valence electrons. The van der Waals surface area contributed by atoms with Gasteiger partial charge in [0.25, 0.3) is 0 Å². The first-order valence-corrected chi connectivity index (χ1v) is 5.98. The van der Waals surface area contributed by atoms with Crippen molar-refractivity contribution in [3.63, 3.8) is 0 Å². The fourth-order valence-corrected chi connectivity index (χ4v) is 1.97. The predicted octanol–water partition coefficient (Wildman–Crippen LogP) is 2.94. The molecule has 0 aliphatic rings. The minimum absolute atomic E-state index is 0.797. The van der Waals surface area contributed by atoms with Crippen LogP contribution in [0.1, 0.15) is 0 Å². The standard InChI is InChI=1S/C15H13N3O/c1-19-13-6-4-5-12(11-13)14-8-10-17-18(14)15-7-2-3-9-16-15/h2-11H,1H3. The minimum atomic E-state index is 0.797. The molecule has 4 nitrogen and oxygen atoms in total. The van der Waals surface area contributed by atoms with Gasteiger partial charge in [-0.15, -0.1) is 0 Å². The van der Waals surface area contributed by atoms with Crippen molar-refractivity contribution in [2.75, 3.05) is 7.11 Å². The van der Waals surface area contributed by atoms with Gasteiger partial charge >= 0.3 is 0 Å². The van der Waals surface area contributed by atoms with E-state index in [0.29, 0.717) is 0 Å². The van der Waals surface area contributed by atoms with Crippen LogP contribution in [0.3, 0.4) is 0 Å². The highest BCUT2D eigenvalue weighted by molar-refractivity contribution is 5.63. The van der Waals surface area contributed by atoms with Gasteiger partial charge in [-0.25, -0.2) is 9.67 Å². The van der Waals surface area contributed by atoms with Gasteiger partial charge in [0.2, 0.25) is 0 Å². The summed E-state index contributed by atoms with van der Waals surface area (Å²) in [7, 11) is 1.66. The number of benzene rings is 1. The third-order valence-electron chi connectivity index (χ3n) is 2.87. The van der Waals surface area contributed by atoms with E-state index < -0.39 is 0 Å². The van der Waals surface area contributed by atoms with Crippen molar-refractivity contribution in [3.8, 4) is 22.8 Å². The molecule has 4 heteroatoms. The monoisotopic (exact) mass is 251 g/mol. The molecule has 0 N–H and O–H groups in total. The fourth-order valence-electron chi connectivity index (χ4n) is 1.97. The van der Waals surface area contributed by atoms with Gasteiger partial charge < -0.3 is 4.74 Å². The fraction of sp³-hybridized carbons (Fsp3) is 0.0667. The Bertz CT molecular complexity index is 677. The normalized spacial score (nSPS) is 10.4. The molecule has 2 aromatic heterocycles. The first-order valence-electron chi connectivity index (χ1n) is 5.98. The highest BCUT2D eigenvalue weighted by Gasteiger charge is 2.08. The summed E-state index contributed by atoms with van der Waals surface area (Å²) >= 11 is 0. The molecule has 0 aliphatic carbocycles. The van der Waals surface area contributed by atoms with E-state index in [9.17, 15) is 0 Å². The number of ether oxygens (including phenoxy) is 1. The van der Waals surface area contributed by atoms with E-state index >= 15 is 0 Å². The van der Waals surface area contributed by atoms with Crippen molar-refractivity contribution in [1.82, 2.24) is 14.8 Å². The lowest BCUT2D eigenvalue weighted by Gasteiger charge is -2.07. The molecule has 0 radical (unpaired) electrons. The van der Waals surface area contributed by atoms with Crippen LogP contribution in [0.2, 0.25) is 0 Å². The van der Waals surface area contributed by atoms with Crippen molar-refractivity contribution >= 4 is 0 Å². The van der Waals surface area contributed by atoms with Crippen molar-refractivity contribution in [1.29, 1.82) is 0 Å². The molecule has 0 unspecified atom stereocenters. The van der Waals surface area contributed by atoms with Gasteiger partial charge in [-0.1, -0.05) is 18.2 Å². The van der Waals surface area contributed by atoms with Crippen LogP contribution >= 0.6 is 0 Å². The van der Waals surface area contributed by atoms with Gasteiger partial charge in [0, 0.05) is 11.8 Å². The molecule has 0 bridgehead atoms. The van der Waals surface area contributed by atoms with Gasteiger partial charge in [-0.05, 0) is 30.3 Å². The third kappa shape index (κ3) is 2.20. The topological polar surface area (TPSA) is 39.9 Å². The van der Waals surface area contributed by atoms with Crippen molar-refractivity contribution in [2.24, 2.45) is 0 Å². The number of aromatic nitrogens is 3. The maximum absolute atomic E-state index is 5.25. The number of hydrogen-bond donors (Lipinski definition) is 0. The van der Waals surface area contributed by atoms with E-state index in [-0.39, 0.29) is 0 Å². The molecule has 19 heavy (non-hydrogen) atoms. The zero-order valence-corrected chi connectivity index (χ0v) is 10.5. The summed E-state index contributed by atoms with van der Waals surface area (Å²) in [6.45, 7) is 0. The molecule has 0 saturated heterocycles. The Hall–Kier alpha value is -2.62. The first kappa shape index (κ1) is 11.5. The molecular formula is C15H13N3O. The zero-order chi connectivity index (χ0) is 13.1. The molecule has 3 aromatic rings. The summed E-state index contributed by atoms with van der Waals surface area (Å²) in [5, 5.41) is 4.33. The third-order valence-corrected chi connectivity index (χ3v) is 2.87. The number of methoxy groups -OCH3 is 1. The first-order chi connectivity index (χ1) is 9.38. The van der Waals surface area contributed by atoms with Crippen molar-refractivity contribution < 1.29 is 4.74 Å². The maximum Gasteiger partial charge on any atom is 0.153 e. The summed E-state index contributed by atoms with van der Waals surface area (Å²) in [6, 6.07) is 15.6. The van der Waals surface area contributed by atoms with Crippen LogP contribution in [0.5, 0.6) is 5.75 Å². The number of hydrogen-bond acceptors (Lipinski definition) is 3. The Morgan fingerprint density at radius 1 is 1.00 bits per heavy atom. The predicted molar refractivity (Wildman–Crippen MR) is 73.3 cm³/mol. The van der Waals surface area contributed by atoms with Gasteiger partial charge in [0.05, 0.1) is 19.0 Å². The maximum atomic E-state index is 5.25. The van der Waals surface area contributed by atoms with E-state index in [4.69, 9.17) is 4.74 Å². The minimum Gasteiger partial charge on any atom is -0.497 e. The largest absolute Gasteiger partial charge is 0.497 e. The Morgan fingerprint density at radius 3 is 2.74 bits per heavy atom. The van der Waals surface area contributed by atoms with Gasteiger partial charge in [0.1, 0.15) is 5.75 Å². The molecule has 0 amide bonds. The van der Waals surface area contributed by atoms with Crippen LogP contribution in [0, 0.1) is 0 Å². The van der Waals surface area contributed by atoms with Crippen LogP contribution < -0.4 is 4.74 Å². The second-order valence-electron chi connectivity index (χ2n) is 4.05. The van der Waals surface area contributed by atoms with E-state index in [1.54, 1.807) is 19.5 Å². The molecular weight excluding hydrogens is 238 g/mol. The second kappa shape index (κ2) is 4.94. The summed E-state index contributed by atoms with van der Waals surface area (Å²) < 4.78 is 7.07. The van der Waals surface area contributed by atoms with Crippen LogP contribution in [0.25, 0.3) is 17.1 Å². The SMILES string of the molecule is COc1cccc(-c2ccnn2-c2ccccn2)c1. The highest BCUT2D eigenvalue weighted by Crippen LogP contribution is 2.24. The lowest BCUT2D eigenvalue weighted by atomic mass is 10.1. The Morgan fingerprint density at radius 2 is 1.95 bits per heavy atom. The summed E-state index contributed by atoms with van der Waals surface area (Å²) in [6.07, 6.45) is 3.52. The molecule has 3 rings (SSSR count). The number of nitrogens with zero attached hydrogens (tertiary/aromatic N) is 3. The van der Waals surface area contributed by atoms with Gasteiger partial charge in [-0.2, -0.15) is 5.10 Å². The summed E-state index contributed by atoms with van der Waals surface area (Å²) in [5.74, 6) is 1.62. The molecule has 1 aromatic carbocycles. The van der Waals surface area contributed by atoms with E-state index in [1.165, 1.54) is 0 Å². The molecule has 0 atom stereocenters. The summed E-state index contributed by atoms with van der Waals surface area (Å²) in [4.78, 5) is 4.32. The second-order valence-corrected chi connectivity index (χ2v) is 4.05. The van der Waals surface area contributed by atoms with Gasteiger partial charge in [0.15, 0.2) is 5.82 Å². The quantitative estimate of drug-likeness (QED) is 0.718. The molecule has 0 spiro atoms. The van der Waals surface area contributed by atoms with Crippen molar-refractivity contribution in [3.05, 3.63) is 60.9 Å². The van der Waals surface area contributed by atoms with Crippen LogP contribution in [-0.4, -0.2) is 21.9 Å². The lowest BCUT2D eigenvalue weighted by molar-refractivity contribution is 0.415. The van der Waals surface area contributed by atoms with E-state index in [1.807, 2.05) is 53.2 Å².